The van der Waals surface area contributed by atoms with Crippen LogP contribution in [0.5, 0.6) is 11.5 Å². The molecule has 0 saturated carbocycles. The van der Waals surface area contributed by atoms with Gasteiger partial charge in [-0.15, -0.1) is 0 Å². The lowest BCUT2D eigenvalue weighted by Gasteiger charge is -2.25. The first kappa shape index (κ1) is 23.2. The van der Waals surface area contributed by atoms with Gasteiger partial charge in [0.15, 0.2) is 11.5 Å². The molecule has 3 rings (SSSR count). The number of benzene rings is 2. The van der Waals surface area contributed by atoms with Crippen molar-refractivity contribution in [2.24, 2.45) is 0 Å². The van der Waals surface area contributed by atoms with Gasteiger partial charge in [-0.3, -0.25) is 9.59 Å². The van der Waals surface area contributed by atoms with Crippen LogP contribution in [0.3, 0.4) is 0 Å². The van der Waals surface area contributed by atoms with Crippen molar-refractivity contribution in [3.8, 4) is 17.6 Å². The lowest BCUT2D eigenvalue weighted by molar-refractivity contribution is -0.121. The van der Waals surface area contributed by atoms with E-state index in [4.69, 9.17) is 9.47 Å². The fourth-order valence-electron chi connectivity index (χ4n) is 3.45. The van der Waals surface area contributed by atoms with E-state index in [1.807, 2.05) is 30.3 Å². The molecule has 1 heterocycles. The fraction of sp³-hybridized carbons (Fsp3) is 0.292. The Kier molecular flexibility index (Phi) is 7.79. The lowest BCUT2D eigenvalue weighted by Crippen LogP contribution is -2.31. The number of ether oxygens (including phenoxy) is 2. The van der Waals surface area contributed by atoms with Gasteiger partial charge in [0.25, 0.3) is 0 Å². The van der Waals surface area contributed by atoms with Crippen LogP contribution in [0.25, 0.3) is 0 Å². The van der Waals surface area contributed by atoms with Crippen LogP contribution < -0.4 is 20.1 Å². The summed E-state index contributed by atoms with van der Waals surface area (Å²) in [6, 6.07) is 15.2. The third kappa shape index (κ3) is 5.42. The number of nitrogens with one attached hydrogen (secondary N) is 2. The molecule has 2 N–H and O–H groups in total. The van der Waals surface area contributed by atoms with E-state index in [-0.39, 0.29) is 24.0 Å². The minimum atomic E-state index is -0.430. The molecule has 8 heteroatoms. The molecule has 0 bridgehead atoms. The number of amides is 2. The smallest absolute Gasteiger partial charge is 0.234 e. The van der Waals surface area contributed by atoms with E-state index in [1.165, 1.54) is 12.7 Å². The number of hydrogen-bond donors (Lipinski definition) is 2. The first-order valence-corrected chi connectivity index (χ1v) is 11.1. The minimum Gasteiger partial charge on any atom is -0.493 e. The van der Waals surface area contributed by atoms with Gasteiger partial charge in [0.2, 0.25) is 11.8 Å². The Morgan fingerprint density at radius 3 is 2.53 bits per heavy atom. The van der Waals surface area contributed by atoms with Crippen molar-refractivity contribution in [2.45, 2.75) is 25.7 Å². The molecular weight excluding hydrogens is 426 g/mol. The highest BCUT2D eigenvalue weighted by atomic mass is 32.2. The predicted octanol–water partition coefficient (Wildman–Crippen LogP) is 3.98. The van der Waals surface area contributed by atoms with Gasteiger partial charge in [-0.25, -0.2) is 0 Å². The molecule has 1 aliphatic heterocycles. The number of nitriles is 1. The monoisotopic (exact) mass is 451 g/mol. The maximum absolute atomic E-state index is 12.4. The van der Waals surface area contributed by atoms with E-state index in [2.05, 4.69) is 23.6 Å². The van der Waals surface area contributed by atoms with Crippen LogP contribution in [0.1, 0.15) is 30.4 Å². The molecule has 1 atom stereocenters. The molecule has 32 heavy (non-hydrogen) atoms. The van der Waals surface area contributed by atoms with Crippen LogP contribution in [0, 0.1) is 11.3 Å². The van der Waals surface area contributed by atoms with Gasteiger partial charge in [-0.05, 0) is 41.8 Å². The Bertz CT molecular complexity index is 1070. The van der Waals surface area contributed by atoms with Crippen molar-refractivity contribution in [3.63, 3.8) is 0 Å². The molecule has 0 radical (unpaired) electrons. The molecule has 1 aliphatic rings. The van der Waals surface area contributed by atoms with E-state index < -0.39 is 5.92 Å². The van der Waals surface area contributed by atoms with E-state index in [0.29, 0.717) is 27.8 Å². The summed E-state index contributed by atoms with van der Waals surface area (Å²) in [5.41, 5.74) is 3.08. The minimum absolute atomic E-state index is 0.0645. The number of methoxy groups -OCH3 is 2. The van der Waals surface area contributed by atoms with Crippen LogP contribution in [-0.2, 0) is 16.0 Å². The molecule has 166 valence electrons. The zero-order valence-corrected chi connectivity index (χ0v) is 19.0. The molecule has 0 aromatic heterocycles. The number of carbonyl (C=O) groups excluding carboxylic acids is 2. The van der Waals surface area contributed by atoms with Crippen LogP contribution >= 0.6 is 11.8 Å². The summed E-state index contributed by atoms with van der Waals surface area (Å²) in [6.45, 7) is 2.07. The van der Waals surface area contributed by atoms with Crippen LogP contribution in [0.2, 0.25) is 0 Å². The predicted molar refractivity (Wildman–Crippen MR) is 125 cm³/mol. The molecule has 0 saturated heterocycles. The second-order valence-electron chi connectivity index (χ2n) is 7.16. The fourth-order valence-corrected chi connectivity index (χ4v) is 4.32. The average molecular weight is 452 g/mol. The summed E-state index contributed by atoms with van der Waals surface area (Å²) in [5, 5.41) is 15.8. The van der Waals surface area contributed by atoms with E-state index in [9.17, 15) is 14.9 Å². The van der Waals surface area contributed by atoms with Gasteiger partial charge < -0.3 is 20.1 Å². The summed E-state index contributed by atoms with van der Waals surface area (Å²) in [5.74, 6) is 0.303. The first-order valence-electron chi connectivity index (χ1n) is 10.2. The molecule has 0 fully saturated rings. The second-order valence-corrected chi connectivity index (χ2v) is 8.15. The Morgan fingerprint density at radius 2 is 1.91 bits per heavy atom. The van der Waals surface area contributed by atoms with Crippen molar-refractivity contribution < 1.29 is 19.1 Å². The zero-order valence-electron chi connectivity index (χ0n) is 18.2. The highest BCUT2D eigenvalue weighted by Gasteiger charge is 2.30. The molecular formula is C24H25N3O4S. The highest BCUT2D eigenvalue weighted by Crippen LogP contribution is 2.39. The van der Waals surface area contributed by atoms with Crippen molar-refractivity contribution in [3.05, 3.63) is 64.2 Å². The number of rotatable bonds is 8. The van der Waals surface area contributed by atoms with Gasteiger partial charge in [0.05, 0.1) is 36.6 Å². The molecule has 0 spiro atoms. The molecule has 0 aliphatic carbocycles. The third-order valence-corrected chi connectivity index (χ3v) is 6.18. The SMILES string of the molecule is CCc1ccc(NC(=O)CSC2=C(C#N)[C@H](c3ccc(OC)c(OC)c3)CC(=O)N2)cc1. The van der Waals surface area contributed by atoms with Crippen LogP contribution in [-0.4, -0.2) is 31.8 Å². The summed E-state index contributed by atoms with van der Waals surface area (Å²) in [7, 11) is 3.08. The molecule has 2 aromatic carbocycles. The number of allylic oxidation sites excluding steroid dienone is 1. The normalized spacial score (nSPS) is 15.6. The van der Waals surface area contributed by atoms with Crippen molar-refractivity contribution in [1.82, 2.24) is 5.32 Å². The maximum atomic E-state index is 12.4. The zero-order chi connectivity index (χ0) is 23.1. The number of anilines is 1. The Morgan fingerprint density at radius 1 is 1.19 bits per heavy atom. The number of carbonyl (C=O) groups is 2. The van der Waals surface area contributed by atoms with Gasteiger partial charge in [-0.1, -0.05) is 36.9 Å². The summed E-state index contributed by atoms with van der Waals surface area (Å²) < 4.78 is 10.6. The first-order chi connectivity index (χ1) is 15.5. The molecule has 2 amide bonds. The third-order valence-electron chi connectivity index (χ3n) is 5.16. The van der Waals surface area contributed by atoms with Gasteiger partial charge >= 0.3 is 0 Å². The van der Waals surface area contributed by atoms with E-state index in [0.717, 1.165) is 23.7 Å². The lowest BCUT2D eigenvalue weighted by atomic mass is 9.87. The van der Waals surface area contributed by atoms with E-state index in [1.54, 1.807) is 19.2 Å². The number of aryl methyl sites for hydroxylation is 1. The average Bonchev–Trinajstić information content (AvgIpc) is 2.82. The number of thioether (sulfide) groups is 1. The summed E-state index contributed by atoms with van der Waals surface area (Å²) >= 11 is 1.14. The van der Waals surface area contributed by atoms with Crippen molar-refractivity contribution >= 4 is 29.3 Å². The highest BCUT2D eigenvalue weighted by molar-refractivity contribution is 8.03. The quantitative estimate of drug-likeness (QED) is 0.630. The van der Waals surface area contributed by atoms with Crippen LogP contribution in [0.4, 0.5) is 5.69 Å². The number of nitrogens with zero attached hydrogens (tertiary/aromatic N) is 1. The second kappa shape index (κ2) is 10.7. The Balaban J connectivity index is 1.76. The largest absolute Gasteiger partial charge is 0.493 e. The summed E-state index contributed by atoms with van der Waals surface area (Å²) in [6.07, 6.45) is 1.06. The topological polar surface area (TPSA) is 100 Å². The summed E-state index contributed by atoms with van der Waals surface area (Å²) in [4.78, 5) is 24.8. The van der Waals surface area contributed by atoms with Gasteiger partial charge in [0, 0.05) is 18.0 Å². The van der Waals surface area contributed by atoms with Gasteiger partial charge in [-0.2, -0.15) is 5.26 Å². The van der Waals surface area contributed by atoms with E-state index >= 15 is 0 Å². The maximum Gasteiger partial charge on any atom is 0.234 e. The Labute approximate surface area is 191 Å². The van der Waals surface area contributed by atoms with Crippen molar-refractivity contribution in [2.75, 3.05) is 25.3 Å². The molecule has 0 unspecified atom stereocenters. The standard InChI is InChI=1S/C24H25N3O4S/c1-4-15-5-8-17(9-6-15)26-23(29)14-32-24-19(13-25)18(12-22(28)27-24)16-7-10-20(30-2)21(11-16)31-3/h5-11,18H,4,12,14H2,1-3H3,(H,26,29)(H,27,28)/t18-/m0/s1. The Hall–Kier alpha value is -3.44. The van der Waals surface area contributed by atoms with Gasteiger partial charge in [0.1, 0.15) is 0 Å². The van der Waals surface area contributed by atoms with Crippen molar-refractivity contribution in [1.29, 1.82) is 5.26 Å². The molecule has 7 nitrogen and oxygen atoms in total. The van der Waals surface area contributed by atoms with Crippen LogP contribution in [0.15, 0.2) is 53.1 Å². The molecule has 2 aromatic rings. The number of hydrogen-bond acceptors (Lipinski definition) is 6.